The van der Waals surface area contributed by atoms with Crippen molar-refractivity contribution in [3.63, 3.8) is 0 Å². The van der Waals surface area contributed by atoms with E-state index in [1.807, 2.05) is 54.6 Å². The topological polar surface area (TPSA) is 75.2 Å². The predicted molar refractivity (Wildman–Crippen MR) is 120 cm³/mol. The van der Waals surface area contributed by atoms with Crippen molar-refractivity contribution < 1.29 is 9.59 Å². The summed E-state index contributed by atoms with van der Waals surface area (Å²) in [7, 11) is 0. The first kappa shape index (κ1) is 21.6. The van der Waals surface area contributed by atoms with Crippen LogP contribution in [0.25, 0.3) is 0 Å². The van der Waals surface area contributed by atoms with Gasteiger partial charge in [-0.2, -0.15) is 0 Å². The van der Waals surface area contributed by atoms with Gasteiger partial charge in [-0.05, 0) is 46.6 Å². The van der Waals surface area contributed by atoms with E-state index in [1.54, 1.807) is 5.38 Å². The lowest BCUT2D eigenvalue weighted by molar-refractivity contribution is -0.119. The van der Waals surface area contributed by atoms with Crippen LogP contribution in [0.1, 0.15) is 42.4 Å². The Bertz CT molecular complexity index is 965. The first-order valence-electron chi connectivity index (χ1n) is 9.84. The molecule has 1 heterocycles. The third kappa shape index (κ3) is 5.73. The molecular weight excluding hydrogens is 396 g/mol. The average molecular weight is 423 g/mol. The Kier molecular flexibility index (Phi) is 6.95. The lowest BCUT2D eigenvalue weighted by Crippen LogP contribution is -2.41. The SMILES string of the molecule is CC(C)(C)c1ccc(N(CC(=O)NCCc2ccccc2)C(=O)c2csnn2)cc1. The normalized spacial score (nSPS) is 11.2. The van der Waals surface area contributed by atoms with E-state index in [0.29, 0.717) is 12.2 Å². The lowest BCUT2D eigenvalue weighted by atomic mass is 9.87. The Morgan fingerprint density at radius 3 is 2.33 bits per heavy atom. The monoisotopic (exact) mass is 422 g/mol. The van der Waals surface area contributed by atoms with Gasteiger partial charge in [-0.1, -0.05) is 67.7 Å². The number of nitrogens with one attached hydrogen (secondary N) is 1. The number of benzene rings is 2. The van der Waals surface area contributed by atoms with Crippen LogP contribution in [0.5, 0.6) is 0 Å². The zero-order valence-corrected chi connectivity index (χ0v) is 18.3. The van der Waals surface area contributed by atoms with E-state index in [4.69, 9.17) is 0 Å². The van der Waals surface area contributed by atoms with Gasteiger partial charge in [0.2, 0.25) is 5.91 Å². The largest absolute Gasteiger partial charge is 0.354 e. The molecule has 30 heavy (non-hydrogen) atoms. The van der Waals surface area contributed by atoms with E-state index in [0.717, 1.165) is 29.1 Å². The summed E-state index contributed by atoms with van der Waals surface area (Å²) in [5.74, 6) is -0.562. The minimum Gasteiger partial charge on any atom is -0.354 e. The minimum atomic E-state index is -0.342. The van der Waals surface area contributed by atoms with E-state index < -0.39 is 0 Å². The smallest absolute Gasteiger partial charge is 0.280 e. The maximum atomic E-state index is 13.0. The van der Waals surface area contributed by atoms with Gasteiger partial charge in [0.1, 0.15) is 6.54 Å². The van der Waals surface area contributed by atoms with Gasteiger partial charge in [-0.25, -0.2) is 0 Å². The van der Waals surface area contributed by atoms with Gasteiger partial charge in [0.15, 0.2) is 5.69 Å². The number of nitrogens with zero attached hydrogens (tertiary/aromatic N) is 3. The maximum absolute atomic E-state index is 13.0. The van der Waals surface area contributed by atoms with Gasteiger partial charge < -0.3 is 5.32 Å². The van der Waals surface area contributed by atoms with Crippen LogP contribution in [-0.2, 0) is 16.6 Å². The number of hydrogen-bond acceptors (Lipinski definition) is 5. The number of carbonyl (C=O) groups is 2. The van der Waals surface area contributed by atoms with Crippen molar-refractivity contribution in [1.82, 2.24) is 14.9 Å². The first-order chi connectivity index (χ1) is 14.3. The van der Waals surface area contributed by atoms with Crippen LogP contribution in [0.2, 0.25) is 0 Å². The summed E-state index contributed by atoms with van der Waals surface area (Å²) < 4.78 is 3.77. The van der Waals surface area contributed by atoms with Crippen molar-refractivity contribution >= 4 is 29.0 Å². The molecule has 0 aliphatic heterocycles. The second kappa shape index (κ2) is 9.63. The van der Waals surface area contributed by atoms with Gasteiger partial charge in [0.05, 0.1) is 0 Å². The highest BCUT2D eigenvalue weighted by atomic mass is 32.1. The average Bonchev–Trinajstić information content (AvgIpc) is 3.27. The molecule has 0 aliphatic rings. The molecular formula is C23H26N4O2S. The second-order valence-corrected chi connectivity index (χ2v) is 8.67. The molecule has 0 saturated carbocycles. The van der Waals surface area contributed by atoms with E-state index in [1.165, 1.54) is 4.90 Å². The quantitative estimate of drug-likeness (QED) is 0.628. The fraction of sp³-hybridized carbons (Fsp3) is 0.304. The molecule has 2 aromatic carbocycles. The highest BCUT2D eigenvalue weighted by molar-refractivity contribution is 7.03. The van der Waals surface area contributed by atoms with Crippen molar-refractivity contribution in [2.45, 2.75) is 32.6 Å². The van der Waals surface area contributed by atoms with Crippen molar-refractivity contribution in [1.29, 1.82) is 0 Å². The van der Waals surface area contributed by atoms with Crippen molar-refractivity contribution in [3.05, 3.63) is 76.8 Å². The summed E-state index contributed by atoms with van der Waals surface area (Å²) in [6.45, 7) is 6.82. The Balaban J connectivity index is 1.71. The Labute approximate surface area is 181 Å². The number of anilines is 1. The Morgan fingerprint density at radius 2 is 1.73 bits per heavy atom. The third-order valence-corrected chi connectivity index (χ3v) is 5.25. The van der Waals surface area contributed by atoms with Crippen molar-refractivity contribution in [3.8, 4) is 0 Å². The molecule has 1 aromatic heterocycles. The van der Waals surface area contributed by atoms with Crippen LogP contribution < -0.4 is 10.2 Å². The minimum absolute atomic E-state index is 0.00101. The Hall–Kier alpha value is -3.06. The standard InChI is InChI=1S/C23H26N4O2S/c1-23(2,3)18-9-11-19(12-10-18)27(22(29)20-16-30-26-25-20)15-21(28)24-14-13-17-7-5-4-6-8-17/h4-12,16H,13-15H2,1-3H3,(H,24,28). The van der Waals surface area contributed by atoms with Gasteiger partial charge in [0.25, 0.3) is 5.91 Å². The molecule has 1 N–H and O–H groups in total. The van der Waals surface area contributed by atoms with Gasteiger partial charge in [-0.3, -0.25) is 14.5 Å². The highest BCUT2D eigenvalue weighted by Gasteiger charge is 2.23. The zero-order valence-electron chi connectivity index (χ0n) is 17.5. The van der Waals surface area contributed by atoms with Crippen LogP contribution >= 0.6 is 11.5 Å². The van der Waals surface area contributed by atoms with Crippen LogP contribution in [0.3, 0.4) is 0 Å². The number of aromatic nitrogens is 2. The molecule has 156 valence electrons. The highest BCUT2D eigenvalue weighted by Crippen LogP contribution is 2.25. The summed E-state index contributed by atoms with van der Waals surface area (Å²) in [4.78, 5) is 27.0. The Morgan fingerprint density at radius 1 is 1.03 bits per heavy atom. The van der Waals surface area contributed by atoms with Crippen molar-refractivity contribution in [2.75, 3.05) is 18.0 Å². The zero-order chi connectivity index (χ0) is 21.6. The first-order valence-corrected chi connectivity index (χ1v) is 10.7. The molecule has 0 spiro atoms. The van der Waals surface area contributed by atoms with Crippen LogP contribution in [-0.4, -0.2) is 34.5 Å². The molecule has 0 aliphatic carbocycles. The molecule has 0 unspecified atom stereocenters. The second-order valence-electron chi connectivity index (χ2n) is 8.06. The number of hydrogen-bond donors (Lipinski definition) is 1. The summed E-state index contributed by atoms with van der Waals surface area (Å²) in [6.07, 6.45) is 0.733. The fourth-order valence-corrected chi connectivity index (χ4v) is 3.44. The van der Waals surface area contributed by atoms with Crippen LogP contribution in [0, 0.1) is 0 Å². The summed E-state index contributed by atoms with van der Waals surface area (Å²) in [5, 5.41) is 8.36. The number of rotatable bonds is 7. The molecule has 6 nitrogen and oxygen atoms in total. The van der Waals surface area contributed by atoms with E-state index in [9.17, 15) is 9.59 Å². The third-order valence-electron chi connectivity index (χ3n) is 4.75. The molecule has 3 rings (SSSR count). The molecule has 2 amide bonds. The fourth-order valence-electron chi connectivity index (χ4n) is 3.01. The molecule has 0 saturated heterocycles. The maximum Gasteiger partial charge on any atom is 0.280 e. The molecule has 7 heteroatoms. The van der Waals surface area contributed by atoms with Crippen LogP contribution in [0.4, 0.5) is 5.69 Å². The molecule has 0 radical (unpaired) electrons. The lowest BCUT2D eigenvalue weighted by Gasteiger charge is -2.24. The number of carbonyl (C=O) groups excluding carboxylic acids is 2. The molecule has 0 fully saturated rings. The van der Waals surface area contributed by atoms with Crippen molar-refractivity contribution in [2.24, 2.45) is 0 Å². The van der Waals surface area contributed by atoms with Gasteiger partial charge >= 0.3 is 0 Å². The molecule has 0 bridgehead atoms. The van der Waals surface area contributed by atoms with E-state index in [2.05, 4.69) is 35.7 Å². The molecule has 0 atom stereocenters. The van der Waals surface area contributed by atoms with Crippen LogP contribution in [0.15, 0.2) is 60.0 Å². The van der Waals surface area contributed by atoms with E-state index >= 15 is 0 Å². The van der Waals surface area contributed by atoms with E-state index in [-0.39, 0.29) is 29.5 Å². The van der Waals surface area contributed by atoms with Gasteiger partial charge in [0, 0.05) is 17.6 Å². The molecule has 3 aromatic rings. The summed E-state index contributed by atoms with van der Waals surface area (Å²) >= 11 is 1.11. The summed E-state index contributed by atoms with van der Waals surface area (Å²) in [6, 6.07) is 17.7. The predicted octanol–water partition coefficient (Wildman–Crippen LogP) is 3.84. The number of amides is 2. The summed E-state index contributed by atoms with van der Waals surface area (Å²) in [5.41, 5.74) is 3.19. The van der Waals surface area contributed by atoms with Gasteiger partial charge in [-0.15, -0.1) is 5.10 Å².